The molecule has 0 bridgehead atoms. The number of rotatable bonds is 6. The predicted molar refractivity (Wildman–Crippen MR) is 51.6 cm³/mol. The molecule has 80 valence electrons. The van der Waals surface area contributed by atoms with Crippen LogP contribution in [0.4, 0.5) is 0 Å². The molecular weight excluding hydrogens is 184 g/mol. The first-order valence-electron chi connectivity index (χ1n) is 4.57. The fraction of sp³-hybridized carbons (Fsp3) is 0.600. The van der Waals surface area contributed by atoms with Crippen LogP contribution in [0.15, 0.2) is 12.7 Å². The highest BCUT2D eigenvalue weighted by molar-refractivity contribution is 5.81. The first-order chi connectivity index (χ1) is 6.61. The van der Waals surface area contributed by atoms with Crippen LogP contribution in [-0.4, -0.2) is 25.2 Å². The monoisotopic (exact) mass is 200 g/mol. The Kier molecular flexibility index (Phi) is 6.45. The van der Waals surface area contributed by atoms with Gasteiger partial charge in [-0.2, -0.15) is 0 Å². The number of hydrogen-bond acceptors (Lipinski definition) is 4. The molecule has 0 amide bonds. The molecule has 4 nitrogen and oxygen atoms in total. The molecule has 0 saturated carbocycles. The molecule has 0 saturated heterocycles. The van der Waals surface area contributed by atoms with E-state index >= 15 is 0 Å². The van der Waals surface area contributed by atoms with E-state index in [9.17, 15) is 9.59 Å². The second kappa shape index (κ2) is 7.12. The van der Waals surface area contributed by atoms with Gasteiger partial charge in [0.15, 0.2) is 0 Å². The van der Waals surface area contributed by atoms with Gasteiger partial charge in [-0.1, -0.05) is 13.5 Å². The molecule has 0 heterocycles. The number of carbonyl (C=O) groups is 2. The molecule has 0 aliphatic carbocycles. The van der Waals surface area contributed by atoms with Crippen molar-refractivity contribution in [1.82, 2.24) is 0 Å². The summed E-state index contributed by atoms with van der Waals surface area (Å²) in [5, 5.41) is 0. The van der Waals surface area contributed by atoms with E-state index in [1.54, 1.807) is 13.8 Å². The Balaban J connectivity index is 3.62. The van der Waals surface area contributed by atoms with Crippen LogP contribution in [0, 0.1) is 5.92 Å². The minimum Gasteiger partial charge on any atom is -0.466 e. The molecule has 0 radical (unpaired) electrons. The van der Waals surface area contributed by atoms with E-state index in [0.717, 1.165) is 6.08 Å². The molecule has 0 aromatic carbocycles. The maximum atomic E-state index is 11.1. The van der Waals surface area contributed by atoms with Gasteiger partial charge in [-0.25, -0.2) is 4.79 Å². The van der Waals surface area contributed by atoms with Gasteiger partial charge >= 0.3 is 11.9 Å². The molecule has 0 aromatic heterocycles. The quantitative estimate of drug-likeness (QED) is 0.479. The van der Waals surface area contributed by atoms with Crippen molar-refractivity contribution in [3.8, 4) is 0 Å². The van der Waals surface area contributed by atoms with Crippen molar-refractivity contribution in [2.24, 2.45) is 5.92 Å². The molecule has 0 aromatic rings. The summed E-state index contributed by atoms with van der Waals surface area (Å²) in [7, 11) is 0. The highest BCUT2D eigenvalue weighted by Gasteiger charge is 2.13. The Hall–Kier alpha value is -1.32. The lowest BCUT2D eigenvalue weighted by Gasteiger charge is -2.09. The molecule has 0 aliphatic rings. The van der Waals surface area contributed by atoms with E-state index in [1.165, 1.54) is 0 Å². The van der Waals surface area contributed by atoms with Crippen molar-refractivity contribution in [3.05, 3.63) is 12.7 Å². The Labute approximate surface area is 83.9 Å². The van der Waals surface area contributed by atoms with E-state index in [1.807, 2.05) is 0 Å². The normalized spacial score (nSPS) is 11.6. The Morgan fingerprint density at radius 3 is 2.57 bits per heavy atom. The fourth-order valence-electron chi connectivity index (χ4n) is 0.798. The van der Waals surface area contributed by atoms with Crippen LogP contribution in [0.1, 0.15) is 20.3 Å². The summed E-state index contributed by atoms with van der Waals surface area (Å²) in [6.07, 6.45) is 1.56. The Bertz CT molecular complexity index is 210. The number of carbonyl (C=O) groups excluding carboxylic acids is 2. The maximum Gasteiger partial charge on any atom is 0.330 e. The van der Waals surface area contributed by atoms with Crippen LogP contribution in [0.5, 0.6) is 0 Å². The minimum absolute atomic E-state index is 0.213. The second-order valence-corrected chi connectivity index (χ2v) is 2.81. The van der Waals surface area contributed by atoms with E-state index < -0.39 is 5.97 Å². The smallest absolute Gasteiger partial charge is 0.330 e. The minimum atomic E-state index is -0.471. The average molecular weight is 200 g/mol. The van der Waals surface area contributed by atoms with E-state index in [-0.39, 0.29) is 18.5 Å². The molecule has 0 fully saturated rings. The maximum absolute atomic E-state index is 11.1. The zero-order chi connectivity index (χ0) is 11.0. The molecule has 0 spiro atoms. The van der Waals surface area contributed by atoms with Gasteiger partial charge in [0.05, 0.1) is 19.1 Å². The lowest BCUT2D eigenvalue weighted by Crippen LogP contribution is -2.17. The van der Waals surface area contributed by atoms with Crippen LogP contribution in [-0.2, 0) is 19.1 Å². The average Bonchev–Trinajstić information content (AvgIpc) is 2.17. The molecule has 4 heteroatoms. The van der Waals surface area contributed by atoms with Gasteiger partial charge in [0.2, 0.25) is 0 Å². The lowest BCUT2D eigenvalue weighted by molar-refractivity contribution is -0.149. The number of esters is 2. The third-order valence-corrected chi connectivity index (χ3v) is 1.65. The van der Waals surface area contributed by atoms with Gasteiger partial charge in [-0.3, -0.25) is 4.79 Å². The third kappa shape index (κ3) is 5.35. The molecule has 0 rings (SSSR count). The lowest BCUT2D eigenvalue weighted by atomic mass is 10.1. The summed E-state index contributed by atoms with van der Waals surface area (Å²) in [6, 6.07) is 0. The summed E-state index contributed by atoms with van der Waals surface area (Å²) in [6.45, 7) is 7.33. The number of ether oxygens (including phenoxy) is 2. The highest BCUT2D eigenvalue weighted by atomic mass is 16.5. The van der Waals surface area contributed by atoms with E-state index in [4.69, 9.17) is 9.47 Å². The second-order valence-electron chi connectivity index (χ2n) is 2.81. The van der Waals surface area contributed by atoms with Crippen molar-refractivity contribution in [2.45, 2.75) is 20.3 Å². The van der Waals surface area contributed by atoms with Gasteiger partial charge in [-0.15, -0.1) is 0 Å². The first kappa shape index (κ1) is 12.7. The van der Waals surface area contributed by atoms with Gasteiger partial charge in [-0.05, 0) is 13.3 Å². The van der Waals surface area contributed by atoms with E-state index in [0.29, 0.717) is 13.0 Å². The summed E-state index contributed by atoms with van der Waals surface area (Å²) in [5.41, 5.74) is 0. The van der Waals surface area contributed by atoms with E-state index in [2.05, 4.69) is 6.58 Å². The predicted octanol–water partition coefficient (Wildman–Crippen LogP) is 1.30. The van der Waals surface area contributed by atoms with Crippen molar-refractivity contribution in [1.29, 1.82) is 0 Å². The summed E-state index contributed by atoms with van der Waals surface area (Å²) in [4.78, 5) is 21.7. The summed E-state index contributed by atoms with van der Waals surface area (Å²) >= 11 is 0. The van der Waals surface area contributed by atoms with Crippen molar-refractivity contribution < 1.29 is 19.1 Å². The fourth-order valence-corrected chi connectivity index (χ4v) is 0.798. The number of hydrogen-bond donors (Lipinski definition) is 0. The standard InChI is InChI=1S/C10H16O4/c1-4-9(11)14-7-6-8(3)10(12)13-5-2/h4,8H,1,5-7H2,2-3H3. The van der Waals surface area contributed by atoms with Crippen LogP contribution in [0.25, 0.3) is 0 Å². The zero-order valence-corrected chi connectivity index (χ0v) is 8.62. The Morgan fingerprint density at radius 1 is 1.43 bits per heavy atom. The first-order valence-corrected chi connectivity index (χ1v) is 4.57. The summed E-state index contributed by atoms with van der Waals surface area (Å²) < 4.78 is 9.51. The van der Waals surface area contributed by atoms with Crippen molar-refractivity contribution in [3.63, 3.8) is 0 Å². The van der Waals surface area contributed by atoms with Gasteiger partial charge in [0.1, 0.15) is 0 Å². The SMILES string of the molecule is C=CC(=O)OCCC(C)C(=O)OCC. The summed E-state index contributed by atoms with van der Waals surface area (Å²) in [5.74, 6) is -0.976. The molecule has 0 aliphatic heterocycles. The van der Waals surface area contributed by atoms with Crippen molar-refractivity contribution >= 4 is 11.9 Å². The molecule has 1 atom stereocenters. The van der Waals surface area contributed by atoms with Gasteiger partial charge < -0.3 is 9.47 Å². The third-order valence-electron chi connectivity index (χ3n) is 1.65. The van der Waals surface area contributed by atoms with Crippen LogP contribution in [0.2, 0.25) is 0 Å². The highest BCUT2D eigenvalue weighted by Crippen LogP contribution is 2.04. The largest absolute Gasteiger partial charge is 0.466 e. The van der Waals surface area contributed by atoms with Crippen LogP contribution >= 0.6 is 0 Å². The molecule has 0 N–H and O–H groups in total. The molecular formula is C10H16O4. The molecule has 14 heavy (non-hydrogen) atoms. The van der Waals surface area contributed by atoms with Crippen LogP contribution in [0.3, 0.4) is 0 Å². The van der Waals surface area contributed by atoms with Gasteiger partial charge in [0, 0.05) is 6.08 Å². The molecule has 1 unspecified atom stereocenters. The van der Waals surface area contributed by atoms with Crippen LogP contribution < -0.4 is 0 Å². The van der Waals surface area contributed by atoms with Gasteiger partial charge in [0.25, 0.3) is 0 Å². The van der Waals surface area contributed by atoms with Crippen molar-refractivity contribution in [2.75, 3.05) is 13.2 Å². The topological polar surface area (TPSA) is 52.6 Å². The Morgan fingerprint density at radius 2 is 2.07 bits per heavy atom. The zero-order valence-electron chi connectivity index (χ0n) is 8.62.